The van der Waals surface area contributed by atoms with Gasteiger partial charge in [-0.05, 0) is 5.56 Å². The summed E-state index contributed by atoms with van der Waals surface area (Å²) < 4.78 is 0. The standard InChI is InChI=1S/C17H14N2O2S2/c20-19(21)16-8-4-5-13(9-16)10-22-11-15-12-23-17(18-15)14-6-2-1-3-7-14/h1-9,12H,10-11H2. The molecule has 0 radical (unpaired) electrons. The molecule has 0 spiro atoms. The first-order valence-corrected chi connectivity index (χ1v) is 9.07. The Labute approximate surface area is 142 Å². The van der Waals surface area contributed by atoms with Crippen molar-refractivity contribution in [3.63, 3.8) is 0 Å². The molecule has 1 heterocycles. The molecule has 116 valence electrons. The van der Waals surface area contributed by atoms with Crippen molar-refractivity contribution in [2.45, 2.75) is 11.5 Å². The van der Waals surface area contributed by atoms with Crippen LogP contribution in [0.2, 0.25) is 0 Å². The van der Waals surface area contributed by atoms with Crippen LogP contribution in [0.4, 0.5) is 5.69 Å². The number of hydrogen-bond donors (Lipinski definition) is 0. The van der Waals surface area contributed by atoms with Crippen LogP contribution in [-0.4, -0.2) is 9.91 Å². The molecule has 0 saturated heterocycles. The van der Waals surface area contributed by atoms with E-state index >= 15 is 0 Å². The van der Waals surface area contributed by atoms with Gasteiger partial charge in [-0.25, -0.2) is 4.98 Å². The highest BCUT2D eigenvalue weighted by Gasteiger charge is 2.07. The first-order chi connectivity index (χ1) is 11.2. The Balaban J connectivity index is 1.58. The number of nitro groups is 1. The van der Waals surface area contributed by atoms with Crippen LogP contribution in [0.5, 0.6) is 0 Å². The number of hydrogen-bond acceptors (Lipinski definition) is 5. The zero-order chi connectivity index (χ0) is 16.1. The average molecular weight is 342 g/mol. The first-order valence-electron chi connectivity index (χ1n) is 7.03. The third kappa shape index (κ3) is 4.18. The second kappa shape index (κ2) is 7.39. The molecular formula is C17H14N2O2S2. The molecule has 0 amide bonds. The number of nitrogens with zero attached hydrogens (tertiary/aromatic N) is 2. The van der Waals surface area contributed by atoms with E-state index in [9.17, 15) is 10.1 Å². The van der Waals surface area contributed by atoms with Crippen LogP contribution in [0, 0.1) is 10.1 Å². The van der Waals surface area contributed by atoms with Crippen molar-refractivity contribution in [2.24, 2.45) is 0 Å². The molecule has 1 aromatic heterocycles. The van der Waals surface area contributed by atoms with Crippen LogP contribution in [0.15, 0.2) is 60.0 Å². The third-order valence-electron chi connectivity index (χ3n) is 3.21. The number of rotatable bonds is 6. The molecule has 23 heavy (non-hydrogen) atoms. The van der Waals surface area contributed by atoms with Gasteiger partial charge >= 0.3 is 0 Å². The topological polar surface area (TPSA) is 56.0 Å². The van der Waals surface area contributed by atoms with Crippen molar-refractivity contribution in [2.75, 3.05) is 0 Å². The maximum Gasteiger partial charge on any atom is 0.269 e. The summed E-state index contributed by atoms with van der Waals surface area (Å²) in [5.41, 5.74) is 3.28. The highest BCUT2D eigenvalue weighted by molar-refractivity contribution is 7.97. The Bertz CT molecular complexity index is 803. The van der Waals surface area contributed by atoms with Crippen LogP contribution >= 0.6 is 23.1 Å². The lowest BCUT2D eigenvalue weighted by Gasteiger charge is -2.00. The molecule has 2 aromatic carbocycles. The number of non-ortho nitro benzene ring substituents is 1. The van der Waals surface area contributed by atoms with Gasteiger partial charge < -0.3 is 0 Å². The molecule has 6 heteroatoms. The lowest BCUT2D eigenvalue weighted by atomic mass is 10.2. The van der Waals surface area contributed by atoms with Crippen LogP contribution < -0.4 is 0 Å². The number of thiazole rings is 1. The van der Waals surface area contributed by atoms with Gasteiger partial charge in [0.2, 0.25) is 0 Å². The van der Waals surface area contributed by atoms with Crippen LogP contribution in [0.1, 0.15) is 11.3 Å². The van der Waals surface area contributed by atoms with Gasteiger partial charge in [-0.2, -0.15) is 11.8 Å². The smallest absolute Gasteiger partial charge is 0.258 e. The average Bonchev–Trinajstić information content (AvgIpc) is 3.05. The summed E-state index contributed by atoms with van der Waals surface area (Å²) in [5, 5.41) is 13.9. The van der Waals surface area contributed by atoms with Gasteiger partial charge in [0.05, 0.1) is 10.6 Å². The van der Waals surface area contributed by atoms with E-state index in [-0.39, 0.29) is 10.6 Å². The molecule has 0 fully saturated rings. The largest absolute Gasteiger partial charge is 0.269 e. The summed E-state index contributed by atoms with van der Waals surface area (Å²) >= 11 is 3.35. The van der Waals surface area contributed by atoms with Gasteiger partial charge in [-0.15, -0.1) is 11.3 Å². The number of nitro benzene ring substituents is 1. The number of aromatic nitrogens is 1. The SMILES string of the molecule is O=[N+]([O-])c1cccc(CSCc2csc(-c3ccccc3)n2)c1. The Hall–Kier alpha value is -2.18. The quantitative estimate of drug-likeness (QED) is 0.459. The molecule has 4 nitrogen and oxygen atoms in total. The van der Waals surface area contributed by atoms with Crippen LogP contribution in [0.3, 0.4) is 0 Å². The summed E-state index contributed by atoms with van der Waals surface area (Å²) in [4.78, 5) is 15.1. The fourth-order valence-electron chi connectivity index (χ4n) is 2.12. The fourth-order valence-corrected chi connectivity index (χ4v) is 3.93. The minimum absolute atomic E-state index is 0.142. The second-order valence-corrected chi connectivity index (χ2v) is 6.77. The zero-order valence-corrected chi connectivity index (χ0v) is 13.8. The van der Waals surface area contributed by atoms with E-state index in [4.69, 9.17) is 0 Å². The highest BCUT2D eigenvalue weighted by atomic mass is 32.2. The molecule has 0 aliphatic carbocycles. The molecule has 0 N–H and O–H groups in total. The predicted octanol–water partition coefficient (Wildman–Crippen LogP) is 5.15. The molecule has 0 aliphatic rings. The Kier molecular flexibility index (Phi) is 5.05. The Morgan fingerprint density at radius 3 is 2.70 bits per heavy atom. The molecule has 3 aromatic rings. The van der Waals surface area contributed by atoms with Crippen molar-refractivity contribution >= 4 is 28.8 Å². The maximum atomic E-state index is 10.8. The highest BCUT2D eigenvalue weighted by Crippen LogP contribution is 2.26. The Morgan fingerprint density at radius 2 is 1.91 bits per heavy atom. The van der Waals surface area contributed by atoms with E-state index < -0.39 is 0 Å². The lowest BCUT2D eigenvalue weighted by Crippen LogP contribution is -1.90. The molecule has 3 rings (SSSR count). The normalized spacial score (nSPS) is 10.6. The van der Waals surface area contributed by atoms with Gasteiger partial charge in [0.15, 0.2) is 0 Å². The molecule has 0 atom stereocenters. The summed E-state index contributed by atoms with van der Waals surface area (Å²) in [6.45, 7) is 0. The zero-order valence-electron chi connectivity index (χ0n) is 12.2. The molecule has 0 aliphatic heterocycles. The summed E-state index contributed by atoms with van der Waals surface area (Å²) in [5.74, 6) is 1.53. The monoisotopic (exact) mass is 342 g/mol. The lowest BCUT2D eigenvalue weighted by molar-refractivity contribution is -0.384. The third-order valence-corrected chi connectivity index (χ3v) is 5.19. The molecule has 0 saturated carbocycles. The van der Waals surface area contributed by atoms with E-state index in [2.05, 4.69) is 22.5 Å². The summed E-state index contributed by atoms with van der Waals surface area (Å²) in [6.07, 6.45) is 0. The fraction of sp³-hybridized carbons (Fsp3) is 0.118. The van der Waals surface area contributed by atoms with Crippen LogP contribution in [-0.2, 0) is 11.5 Å². The van der Waals surface area contributed by atoms with Gasteiger partial charge in [0.25, 0.3) is 5.69 Å². The van der Waals surface area contributed by atoms with E-state index in [0.717, 1.165) is 33.3 Å². The number of benzene rings is 2. The molecule has 0 unspecified atom stereocenters. The van der Waals surface area contributed by atoms with Gasteiger partial charge in [-0.3, -0.25) is 10.1 Å². The molecule has 0 bridgehead atoms. The van der Waals surface area contributed by atoms with E-state index in [1.165, 1.54) is 6.07 Å². The van der Waals surface area contributed by atoms with E-state index in [1.54, 1.807) is 35.2 Å². The van der Waals surface area contributed by atoms with Gasteiger partial charge in [0, 0.05) is 34.6 Å². The van der Waals surface area contributed by atoms with Gasteiger partial charge in [0.1, 0.15) is 5.01 Å². The van der Waals surface area contributed by atoms with Crippen molar-refractivity contribution in [1.29, 1.82) is 0 Å². The summed E-state index contributed by atoms with van der Waals surface area (Å²) in [7, 11) is 0. The summed E-state index contributed by atoms with van der Waals surface area (Å²) in [6, 6.07) is 16.9. The van der Waals surface area contributed by atoms with Crippen molar-refractivity contribution in [3.05, 3.63) is 81.3 Å². The predicted molar refractivity (Wildman–Crippen MR) is 95.6 cm³/mol. The maximum absolute atomic E-state index is 10.8. The minimum atomic E-state index is -0.360. The van der Waals surface area contributed by atoms with Crippen molar-refractivity contribution in [3.8, 4) is 10.6 Å². The Morgan fingerprint density at radius 1 is 1.09 bits per heavy atom. The van der Waals surface area contributed by atoms with Gasteiger partial charge in [-0.1, -0.05) is 42.5 Å². The minimum Gasteiger partial charge on any atom is -0.258 e. The first kappa shape index (κ1) is 15.7. The van der Waals surface area contributed by atoms with Crippen molar-refractivity contribution in [1.82, 2.24) is 4.98 Å². The second-order valence-electron chi connectivity index (χ2n) is 4.93. The van der Waals surface area contributed by atoms with Crippen LogP contribution in [0.25, 0.3) is 10.6 Å². The number of thioether (sulfide) groups is 1. The van der Waals surface area contributed by atoms with E-state index in [0.29, 0.717) is 0 Å². The van der Waals surface area contributed by atoms with Crippen molar-refractivity contribution < 1.29 is 4.92 Å². The van der Waals surface area contributed by atoms with E-state index in [1.807, 2.05) is 24.3 Å². The molecular weight excluding hydrogens is 328 g/mol.